The van der Waals surface area contributed by atoms with E-state index in [9.17, 15) is 9.59 Å². The largest absolute Gasteiger partial charge is 0.464 e. The number of benzene rings is 1. The highest BCUT2D eigenvalue weighted by molar-refractivity contribution is 5.96. The maximum absolute atomic E-state index is 12.0. The fourth-order valence-corrected chi connectivity index (χ4v) is 3.13. The minimum absolute atomic E-state index is 0.150. The number of carbonyl (C=O) groups is 2. The predicted molar refractivity (Wildman–Crippen MR) is 88.2 cm³/mol. The number of hydrogen-bond donors (Lipinski definition) is 2. The number of ether oxygens (including phenoxy) is 1. The molecule has 0 fully saturated rings. The molecule has 24 heavy (non-hydrogen) atoms. The van der Waals surface area contributed by atoms with Gasteiger partial charge in [-0.1, -0.05) is 24.3 Å². The van der Waals surface area contributed by atoms with E-state index >= 15 is 0 Å². The van der Waals surface area contributed by atoms with Crippen molar-refractivity contribution in [2.75, 3.05) is 12.3 Å². The number of aryl methyl sites for hydroxylation is 1. The third-order valence-corrected chi connectivity index (χ3v) is 4.38. The normalized spacial score (nSPS) is 15.9. The van der Waals surface area contributed by atoms with E-state index in [2.05, 4.69) is 17.2 Å². The average molecular weight is 328 g/mol. The molecule has 0 saturated carbocycles. The fourth-order valence-electron chi connectivity index (χ4n) is 3.13. The summed E-state index contributed by atoms with van der Waals surface area (Å²) in [5, 5.41) is 3.97. The number of rotatable bonds is 6. The van der Waals surface area contributed by atoms with Crippen LogP contribution in [-0.2, 0) is 22.5 Å². The van der Waals surface area contributed by atoms with Crippen molar-refractivity contribution in [3.8, 4) is 0 Å². The molecule has 0 saturated heterocycles. The number of nitrogens with two attached hydrogens (primary N) is 2. The molecule has 1 aliphatic rings. The first-order chi connectivity index (χ1) is 11.6. The summed E-state index contributed by atoms with van der Waals surface area (Å²) in [4.78, 5) is 23.2. The second-order valence-corrected chi connectivity index (χ2v) is 5.89. The number of esters is 1. The second kappa shape index (κ2) is 6.74. The number of carbonyl (C=O) groups excluding carboxylic acids is 2. The van der Waals surface area contributed by atoms with Crippen molar-refractivity contribution in [1.29, 1.82) is 0 Å². The van der Waals surface area contributed by atoms with Crippen LogP contribution in [0.4, 0.5) is 5.82 Å². The molecule has 1 heterocycles. The number of amides is 1. The van der Waals surface area contributed by atoms with Crippen molar-refractivity contribution in [2.24, 2.45) is 5.73 Å². The zero-order valence-electron chi connectivity index (χ0n) is 13.3. The SMILES string of the molecule is NC(=O)c1cnn(CCOC(=O)C[C@@H]2CCc3ccccc32)c1N. The molecule has 0 unspecified atom stereocenters. The molecule has 7 nitrogen and oxygen atoms in total. The van der Waals surface area contributed by atoms with Crippen molar-refractivity contribution in [1.82, 2.24) is 9.78 Å². The van der Waals surface area contributed by atoms with Gasteiger partial charge in [0.05, 0.1) is 19.2 Å². The van der Waals surface area contributed by atoms with Gasteiger partial charge in [-0.3, -0.25) is 9.59 Å². The molecule has 1 aliphatic carbocycles. The molecular formula is C17H20N4O3. The van der Waals surface area contributed by atoms with Crippen LogP contribution in [0.3, 0.4) is 0 Å². The summed E-state index contributed by atoms with van der Waals surface area (Å²) in [6, 6.07) is 8.21. The van der Waals surface area contributed by atoms with Crippen LogP contribution in [0.25, 0.3) is 0 Å². The van der Waals surface area contributed by atoms with Crippen molar-refractivity contribution < 1.29 is 14.3 Å². The average Bonchev–Trinajstić information content (AvgIpc) is 3.12. The van der Waals surface area contributed by atoms with Gasteiger partial charge in [-0.05, 0) is 29.9 Å². The van der Waals surface area contributed by atoms with Gasteiger partial charge in [-0.15, -0.1) is 0 Å². The Hall–Kier alpha value is -2.83. The van der Waals surface area contributed by atoms with E-state index in [0.717, 1.165) is 12.8 Å². The Morgan fingerprint density at radius 3 is 2.88 bits per heavy atom. The molecular weight excluding hydrogens is 308 g/mol. The lowest BCUT2D eigenvalue weighted by Crippen LogP contribution is -2.17. The van der Waals surface area contributed by atoms with Gasteiger partial charge >= 0.3 is 5.97 Å². The van der Waals surface area contributed by atoms with Crippen molar-refractivity contribution in [3.05, 3.63) is 47.2 Å². The Morgan fingerprint density at radius 1 is 1.33 bits per heavy atom. The third kappa shape index (κ3) is 3.24. The van der Waals surface area contributed by atoms with Crippen LogP contribution in [0, 0.1) is 0 Å². The summed E-state index contributed by atoms with van der Waals surface area (Å²) in [6.07, 6.45) is 3.67. The summed E-state index contributed by atoms with van der Waals surface area (Å²) in [5.74, 6) is -0.457. The highest BCUT2D eigenvalue weighted by Gasteiger charge is 2.24. The molecule has 1 atom stereocenters. The smallest absolute Gasteiger partial charge is 0.306 e. The lowest BCUT2D eigenvalue weighted by Gasteiger charge is -2.11. The molecule has 0 radical (unpaired) electrons. The Labute approximate surface area is 139 Å². The van der Waals surface area contributed by atoms with E-state index in [1.165, 1.54) is 22.0 Å². The molecule has 0 bridgehead atoms. The van der Waals surface area contributed by atoms with Crippen LogP contribution in [0.1, 0.15) is 40.2 Å². The summed E-state index contributed by atoms with van der Waals surface area (Å²) in [7, 11) is 0. The molecule has 0 spiro atoms. The van der Waals surface area contributed by atoms with Crippen LogP contribution < -0.4 is 11.5 Å². The molecule has 126 valence electrons. The monoisotopic (exact) mass is 328 g/mol. The number of hydrogen-bond acceptors (Lipinski definition) is 5. The van der Waals surface area contributed by atoms with E-state index in [0.29, 0.717) is 6.42 Å². The van der Waals surface area contributed by atoms with Gasteiger partial charge in [0.15, 0.2) is 0 Å². The van der Waals surface area contributed by atoms with Crippen LogP contribution in [0.15, 0.2) is 30.5 Å². The molecule has 7 heteroatoms. The Morgan fingerprint density at radius 2 is 2.12 bits per heavy atom. The first-order valence-electron chi connectivity index (χ1n) is 7.90. The maximum Gasteiger partial charge on any atom is 0.306 e. The van der Waals surface area contributed by atoms with Crippen molar-refractivity contribution in [2.45, 2.75) is 31.7 Å². The number of primary amides is 1. The molecule has 1 aromatic heterocycles. The lowest BCUT2D eigenvalue weighted by atomic mass is 9.98. The Bertz CT molecular complexity index is 769. The van der Waals surface area contributed by atoms with Crippen LogP contribution in [-0.4, -0.2) is 28.3 Å². The fraction of sp³-hybridized carbons (Fsp3) is 0.353. The van der Waals surface area contributed by atoms with Gasteiger partial charge < -0.3 is 16.2 Å². The summed E-state index contributed by atoms with van der Waals surface area (Å²) in [6.45, 7) is 0.434. The number of anilines is 1. The molecule has 2 aromatic rings. The topological polar surface area (TPSA) is 113 Å². The molecule has 3 rings (SSSR count). The molecule has 0 aliphatic heterocycles. The van der Waals surface area contributed by atoms with Gasteiger partial charge in [0.1, 0.15) is 18.0 Å². The molecule has 1 amide bonds. The van der Waals surface area contributed by atoms with Crippen LogP contribution >= 0.6 is 0 Å². The van der Waals surface area contributed by atoms with Gasteiger partial charge in [0.25, 0.3) is 5.91 Å². The van der Waals surface area contributed by atoms with E-state index in [4.69, 9.17) is 16.2 Å². The number of aromatic nitrogens is 2. The van der Waals surface area contributed by atoms with Crippen LogP contribution in [0.5, 0.6) is 0 Å². The van der Waals surface area contributed by atoms with E-state index < -0.39 is 5.91 Å². The summed E-state index contributed by atoms with van der Waals surface area (Å²) < 4.78 is 6.68. The second-order valence-electron chi connectivity index (χ2n) is 5.89. The highest BCUT2D eigenvalue weighted by Crippen LogP contribution is 2.35. The van der Waals surface area contributed by atoms with E-state index in [1.807, 2.05) is 12.1 Å². The van der Waals surface area contributed by atoms with Gasteiger partial charge in [-0.2, -0.15) is 5.10 Å². The quantitative estimate of drug-likeness (QED) is 0.774. The van der Waals surface area contributed by atoms with E-state index in [-0.39, 0.29) is 36.4 Å². The lowest BCUT2D eigenvalue weighted by molar-refractivity contribution is -0.144. The first kappa shape index (κ1) is 16.0. The van der Waals surface area contributed by atoms with Crippen LogP contribution in [0.2, 0.25) is 0 Å². The van der Waals surface area contributed by atoms with Gasteiger partial charge in [-0.25, -0.2) is 4.68 Å². The molecule has 4 N–H and O–H groups in total. The first-order valence-corrected chi connectivity index (χ1v) is 7.90. The highest BCUT2D eigenvalue weighted by atomic mass is 16.5. The minimum atomic E-state index is -0.629. The predicted octanol–water partition coefficient (Wildman–Crippen LogP) is 1.23. The molecule has 1 aromatic carbocycles. The maximum atomic E-state index is 12.0. The van der Waals surface area contributed by atoms with E-state index in [1.54, 1.807) is 0 Å². The van der Waals surface area contributed by atoms with Gasteiger partial charge in [0.2, 0.25) is 0 Å². The number of nitrogens with zero attached hydrogens (tertiary/aromatic N) is 2. The van der Waals surface area contributed by atoms with Gasteiger partial charge in [0, 0.05) is 0 Å². The Kier molecular flexibility index (Phi) is 4.50. The Balaban J connectivity index is 1.49. The van der Waals surface area contributed by atoms with Crippen molar-refractivity contribution in [3.63, 3.8) is 0 Å². The standard InChI is InChI=1S/C17H20N4O3/c18-16-14(17(19)23)10-20-21(16)7-8-24-15(22)9-12-6-5-11-3-1-2-4-13(11)12/h1-4,10,12H,5-9,18H2,(H2,19,23)/t12-/m0/s1. The number of nitrogen functional groups attached to an aromatic ring is 1. The third-order valence-electron chi connectivity index (χ3n) is 4.38. The number of fused-ring (bicyclic) bond motifs is 1. The zero-order valence-corrected chi connectivity index (χ0v) is 13.3. The van der Waals surface area contributed by atoms with Crippen molar-refractivity contribution >= 4 is 17.7 Å². The summed E-state index contributed by atoms with van der Waals surface area (Å²) in [5.41, 5.74) is 13.7. The minimum Gasteiger partial charge on any atom is -0.464 e. The zero-order chi connectivity index (χ0) is 17.1. The summed E-state index contributed by atoms with van der Waals surface area (Å²) >= 11 is 0.